The molecule has 0 unspecified atom stereocenters. The number of carbonyl (C=O) groups is 2. The third kappa shape index (κ3) is 12.6. The minimum atomic E-state index is -4.61. The molecule has 1 aromatic rings. The predicted molar refractivity (Wildman–Crippen MR) is 102 cm³/mol. The number of amides is 2. The van der Waals surface area contributed by atoms with Gasteiger partial charge in [-0.25, -0.2) is 14.8 Å². The Kier molecular flexibility index (Phi) is 11.7. The zero-order valence-corrected chi connectivity index (χ0v) is 16.4. The van der Waals surface area contributed by atoms with Crippen LogP contribution in [-0.2, 0) is 11.0 Å². The van der Waals surface area contributed by atoms with Crippen LogP contribution in [0, 0.1) is 0 Å². The van der Waals surface area contributed by atoms with Crippen LogP contribution in [0.3, 0.4) is 0 Å². The summed E-state index contributed by atoms with van der Waals surface area (Å²) < 4.78 is 37.1. The zero-order chi connectivity index (χ0) is 21.5. The molecule has 10 heteroatoms. The van der Waals surface area contributed by atoms with Crippen LogP contribution in [-0.4, -0.2) is 33.6 Å². The maximum absolute atomic E-state index is 12.4. The van der Waals surface area contributed by atoms with E-state index in [0.29, 0.717) is 6.54 Å². The van der Waals surface area contributed by atoms with E-state index in [0.717, 1.165) is 76.6 Å². The minimum Gasteiger partial charge on any atom is -0.481 e. The van der Waals surface area contributed by atoms with Crippen LogP contribution in [0.1, 0.15) is 76.5 Å². The van der Waals surface area contributed by atoms with Gasteiger partial charge in [-0.15, -0.1) is 0 Å². The monoisotopic (exact) mass is 418 g/mol. The third-order valence-electron chi connectivity index (χ3n) is 4.27. The van der Waals surface area contributed by atoms with Gasteiger partial charge in [-0.3, -0.25) is 4.79 Å². The molecule has 0 spiro atoms. The lowest BCUT2D eigenvalue weighted by Gasteiger charge is -2.08. The predicted octanol–water partition coefficient (Wildman–Crippen LogP) is 4.99. The fourth-order valence-corrected chi connectivity index (χ4v) is 2.73. The molecule has 2 amide bonds. The van der Waals surface area contributed by atoms with Crippen LogP contribution in [0.15, 0.2) is 12.4 Å². The van der Waals surface area contributed by atoms with Crippen molar-refractivity contribution in [2.24, 2.45) is 0 Å². The molecule has 0 atom stereocenters. The Bertz CT molecular complexity index is 610. The lowest BCUT2D eigenvalue weighted by Crippen LogP contribution is -2.29. The van der Waals surface area contributed by atoms with Gasteiger partial charge in [-0.05, 0) is 12.8 Å². The fourth-order valence-electron chi connectivity index (χ4n) is 2.73. The number of rotatable bonds is 14. The molecule has 0 bridgehead atoms. The van der Waals surface area contributed by atoms with Crippen molar-refractivity contribution in [1.82, 2.24) is 15.3 Å². The van der Waals surface area contributed by atoms with Gasteiger partial charge in [0.15, 0.2) is 0 Å². The summed E-state index contributed by atoms with van der Waals surface area (Å²) >= 11 is 0. The summed E-state index contributed by atoms with van der Waals surface area (Å²) in [6.45, 7) is 0.483. The van der Waals surface area contributed by atoms with E-state index in [2.05, 4.69) is 20.6 Å². The van der Waals surface area contributed by atoms with E-state index in [1.807, 2.05) is 0 Å². The largest absolute Gasteiger partial charge is 0.481 e. The van der Waals surface area contributed by atoms with Crippen LogP contribution < -0.4 is 10.6 Å². The quantitative estimate of drug-likeness (QED) is 0.369. The number of aromatic nitrogens is 2. The van der Waals surface area contributed by atoms with Crippen LogP contribution in [0.25, 0.3) is 0 Å². The fraction of sp³-hybridized carbons (Fsp3) is 0.684. The number of aliphatic carboxylic acids is 1. The molecule has 164 valence electrons. The van der Waals surface area contributed by atoms with Crippen molar-refractivity contribution in [3.8, 4) is 0 Å². The summed E-state index contributed by atoms with van der Waals surface area (Å²) in [5, 5.41) is 13.6. The Labute approximate surface area is 168 Å². The highest BCUT2D eigenvalue weighted by Gasteiger charge is 2.34. The molecule has 1 heterocycles. The normalized spacial score (nSPS) is 11.3. The molecular weight excluding hydrogens is 389 g/mol. The van der Waals surface area contributed by atoms with Crippen LogP contribution in [0.2, 0.25) is 0 Å². The molecule has 0 saturated carbocycles. The number of hydrogen-bond donors (Lipinski definition) is 3. The Morgan fingerprint density at radius 2 is 1.34 bits per heavy atom. The Hall–Kier alpha value is -2.39. The third-order valence-corrected chi connectivity index (χ3v) is 4.27. The summed E-state index contributed by atoms with van der Waals surface area (Å²) in [5.41, 5.74) is 0.0958. The van der Waals surface area contributed by atoms with Crippen molar-refractivity contribution >= 4 is 17.7 Å². The number of alkyl halides is 3. The molecular formula is C19H29F3N4O3. The van der Waals surface area contributed by atoms with Gasteiger partial charge in [-0.1, -0.05) is 51.4 Å². The molecule has 0 radical (unpaired) electrons. The van der Waals surface area contributed by atoms with Crippen molar-refractivity contribution in [2.45, 2.75) is 76.8 Å². The zero-order valence-electron chi connectivity index (χ0n) is 16.4. The number of carbonyl (C=O) groups excluding carboxylic acids is 1. The van der Waals surface area contributed by atoms with Crippen molar-refractivity contribution in [3.63, 3.8) is 0 Å². The first-order valence-electron chi connectivity index (χ1n) is 9.95. The summed E-state index contributed by atoms with van der Waals surface area (Å²) in [6.07, 6.45) is 7.75. The Morgan fingerprint density at radius 3 is 1.83 bits per heavy atom. The molecule has 1 rings (SSSR count). The Morgan fingerprint density at radius 1 is 0.862 bits per heavy atom. The number of nitrogens with one attached hydrogen (secondary N) is 2. The molecule has 0 aromatic carbocycles. The molecule has 7 nitrogen and oxygen atoms in total. The number of halogens is 3. The number of nitrogens with zero attached hydrogens (tertiary/aromatic N) is 2. The topological polar surface area (TPSA) is 104 Å². The first-order chi connectivity index (χ1) is 13.8. The first kappa shape index (κ1) is 24.6. The first-order valence-corrected chi connectivity index (χ1v) is 9.95. The minimum absolute atomic E-state index is 0.0958. The lowest BCUT2D eigenvalue weighted by atomic mass is 10.1. The molecule has 29 heavy (non-hydrogen) atoms. The van der Waals surface area contributed by atoms with E-state index in [9.17, 15) is 22.8 Å². The van der Waals surface area contributed by atoms with Gasteiger partial charge in [0.25, 0.3) is 0 Å². The molecule has 0 fully saturated rings. The van der Waals surface area contributed by atoms with Gasteiger partial charge < -0.3 is 15.7 Å². The average molecular weight is 418 g/mol. The molecule has 3 N–H and O–H groups in total. The van der Waals surface area contributed by atoms with E-state index in [1.165, 1.54) is 0 Å². The maximum atomic E-state index is 12.4. The molecule has 1 aromatic heterocycles. The van der Waals surface area contributed by atoms with E-state index in [4.69, 9.17) is 5.11 Å². The molecule has 0 saturated heterocycles. The SMILES string of the molecule is O=C(O)CCCCCCCCCCCCNC(=O)Nc1cnc(C(F)(F)F)nc1. The maximum Gasteiger partial charge on any atom is 0.451 e. The molecule has 0 aliphatic rings. The second-order valence-corrected chi connectivity index (χ2v) is 6.85. The summed E-state index contributed by atoms with van der Waals surface area (Å²) in [6, 6.07) is -0.503. The lowest BCUT2D eigenvalue weighted by molar-refractivity contribution is -0.145. The van der Waals surface area contributed by atoms with Gasteiger partial charge >= 0.3 is 18.2 Å². The van der Waals surface area contributed by atoms with Crippen LogP contribution >= 0.6 is 0 Å². The van der Waals surface area contributed by atoms with E-state index >= 15 is 0 Å². The number of carboxylic acid groups (broad SMARTS) is 1. The van der Waals surface area contributed by atoms with Crippen LogP contribution in [0.5, 0.6) is 0 Å². The van der Waals surface area contributed by atoms with E-state index in [1.54, 1.807) is 0 Å². The highest BCUT2D eigenvalue weighted by Crippen LogP contribution is 2.25. The van der Waals surface area contributed by atoms with Gasteiger partial charge in [0.1, 0.15) is 0 Å². The number of urea groups is 1. The number of hydrogen-bond acceptors (Lipinski definition) is 4. The van der Waals surface area contributed by atoms with Crippen molar-refractivity contribution in [1.29, 1.82) is 0 Å². The summed E-state index contributed by atoms with van der Waals surface area (Å²) in [7, 11) is 0. The van der Waals surface area contributed by atoms with Crippen molar-refractivity contribution in [2.75, 3.05) is 11.9 Å². The molecule has 0 aliphatic heterocycles. The highest BCUT2D eigenvalue weighted by molar-refractivity contribution is 5.88. The van der Waals surface area contributed by atoms with Gasteiger partial charge in [-0.2, -0.15) is 13.2 Å². The number of carboxylic acids is 1. The highest BCUT2D eigenvalue weighted by atomic mass is 19.4. The average Bonchev–Trinajstić information content (AvgIpc) is 2.65. The Balaban J connectivity index is 1.96. The number of unbranched alkanes of at least 4 members (excludes halogenated alkanes) is 9. The van der Waals surface area contributed by atoms with Crippen LogP contribution in [0.4, 0.5) is 23.7 Å². The summed E-state index contributed by atoms with van der Waals surface area (Å²) in [4.78, 5) is 28.4. The molecule has 0 aliphatic carbocycles. The van der Waals surface area contributed by atoms with Crippen molar-refractivity contribution in [3.05, 3.63) is 18.2 Å². The second-order valence-electron chi connectivity index (χ2n) is 6.85. The van der Waals surface area contributed by atoms with Gasteiger partial charge in [0.2, 0.25) is 5.82 Å². The van der Waals surface area contributed by atoms with E-state index in [-0.39, 0.29) is 12.1 Å². The van der Waals surface area contributed by atoms with Gasteiger partial charge in [0.05, 0.1) is 18.1 Å². The van der Waals surface area contributed by atoms with Crippen molar-refractivity contribution < 1.29 is 27.9 Å². The van der Waals surface area contributed by atoms with Gasteiger partial charge in [0, 0.05) is 13.0 Å². The smallest absolute Gasteiger partial charge is 0.451 e. The summed E-state index contributed by atoms with van der Waals surface area (Å²) in [5.74, 6) is -1.98. The second kappa shape index (κ2) is 13.7. The number of anilines is 1. The van der Waals surface area contributed by atoms with E-state index < -0.39 is 24.0 Å². The standard InChI is InChI=1S/C19H29F3N4O3/c20-19(21,22)17-24-13-15(14-25-17)26-18(29)23-12-10-8-6-4-2-1-3-5-7-9-11-16(27)28/h13-14H,1-12H2,(H,27,28)(H2,23,26,29).